The zero-order valence-corrected chi connectivity index (χ0v) is 15.9. The average Bonchev–Trinajstić information content (AvgIpc) is 3.31. The van der Waals surface area contributed by atoms with E-state index < -0.39 is 17.2 Å². The molecular formula is C21H21F2N5O. The highest BCUT2D eigenvalue weighted by molar-refractivity contribution is 5.82. The molecule has 1 atom stereocenters. The molecule has 0 saturated carbocycles. The van der Waals surface area contributed by atoms with Crippen LogP contribution in [0.5, 0.6) is 0 Å². The molecule has 4 aromatic rings. The van der Waals surface area contributed by atoms with Crippen molar-refractivity contribution in [3.63, 3.8) is 0 Å². The van der Waals surface area contributed by atoms with Gasteiger partial charge in [-0.1, -0.05) is 24.3 Å². The number of nitrogens with zero attached hydrogens (tertiary/aromatic N) is 4. The van der Waals surface area contributed by atoms with E-state index in [0.717, 1.165) is 28.6 Å². The van der Waals surface area contributed by atoms with Crippen LogP contribution in [0, 0.1) is 11.6 Å². The van der Waals surface area contributed by atoms with Crippen LogP contribution in [0.25, 0.3) is 10.9 Å². The smallest absolute Gasteiger partial charge is 0.137 e. The summed E-state index contributed by atoms with van der Waals surface area (Å²) in [6, 6.07) is 11.1. The zero-order chi connectivity index (χ0) is 20.4. The van der Waals surface area contributed by atoms with Gasteiger partial charge in [-0.15, -0.1) is 0 Å². The highest BCUT2D eigenvalue weighted by Crippen LogP contribution is 2.28. The largest absolute Gasteiger partial charge is 0.382 e. The number of likely N-dealkylation sites (N-methyl/N-ethyl adjacent to an activating group) is 1. The first-order chi connectivity index (χ1) is 13.9. The second-order valence-corrected chi connectivity index (χ2v) is 7.28. The lowest BCUT2D eigenvalue weighted by Crippen LogP contribution is -2.43. The third kappa shape index (κ3) is 4.03. The molecule has 29 heavy (non-hydrogen) atoms. The molecular weight excluding hydrogens is 376 g/mol. The number of halogens is 2. The van der Waals surface area contributed by atoms with Crippen molar-refractivity contribution in [3.8, 4) is 0 Å². The van der Waals surface area contributed by atoms with Gasteiger partial charge in [-0.25, -0.2) is 18.4 Å². The van der Waals surface area contributed by atoms with Crippen molar-refractivity contribution >= 4 is 10.9 Å². The Morgan fingerprint density at radius 2 is 2.03 bits per heavy atom. The summed E-state index contributed by atoms with van der Waals surface area (Å²) in [6.45, 7) is 0.620. The lowest BCUT2D eigenvalue weighted by atomic mass is 9.92. The maximum atomic E-state index is 14.5. The number of aromatic nitrogens is 4. The number of nitrogens with one attached hydrogen (secondary N) is 1. The lowest BCUT2D eigenvalue weighted by Gasteiger charge is -2.33. The molecule has 0 saturated heterocycles. The molecule has 0 aliphatic carbocycles. The van der Waals surface area contributed by atoms with Crippen molar-refractivity contribution in [2.24, 2.45) is 0 Å². The van der Waals surface area contributed by atoms with Gasteiger partial charge in [0.2, 0.25) is 0 Å². The highest BCUT2D eigenvalue weighted by Gasteiger charge is 2.35. The van der Waals surface area contributed by atoms with Gasteiger partial charge in [-0.05, 0) is 24.7 Å². The molecule has 1 unspecified atom stereocenters. The summed E-state index contributed by atoms with van der Waals surface area (Å²) in [6.07, 6.45) is 4.72. The van der Waals surface area contributed by atoms with E-state index in [4.69, 9.17) is 0 Å². The molecule has 2 heterocycles. The predicted molar refractivity (Wildman–Crippen MR) is 105 cm³/mol. The third-order valence-corrected chi connectivity index (χ3v) is 4.97. The van der Waals surface area contributed by atoms with Crippen LogP contribution >= 0.6 is 0 Å². The number of rotatable bonds is 7. The number of H-pyrrole nitrogens is 1. The zero-order valence-electron chi connectivity index (χ0n) is 15.9. The molecule has 4 rings (SSSR count). The molecule has 0 spiro atoms. The van der Waals surface area contributed by atoms with Gasteiger partial charge in [0.05, 0.1) is 6.54 Å². The molecule has 2 aromatic heterocycles. The number of hydrogen-bond donors (Lipinski definition) is 2. The maximum Gasteiger partial charge on any atom is 0.137 e. The van der Waals surface area contributed by atoms with Gasteiger partial charge >= 0.3 is 0 Å². The molecule has 0 aliphatic heterocycles. The van der Waals surface area contributed by atoms with Gasteiger partial charge in [0.25, 0.3) is 0 Å². The van der Waals surface area contributed by atoms with E-state index in [1.165, 1.54) is 23.4 Å². The van der Waals surface area contributed by atoms with E-state index in [1.54, 1.807) is 0 Å². The number of fused-ring (bicyclic) bond motifs is 1. The molecule has 0 radical (unpaired) electrons. The molecule has 0 amide bonds. The van der Waals surface area contributed by atoms with Crippen molar-refractivity contribution in [2.45, 2.75) is 18.7 Å². The number of aliphatic hydroxyl groups is 1. The van der Waals surface area contributed by atoms with Crippen molar-refractivity contribution < 1.29 is 13.9 Å². The summed E-state index contributed by atoms with van der Waals surface area (Å²) in [5.74, 6) is -1.49. The third-order valence-electron chi connectivity index (χ3n) is 4.97. The van der Waals surface area contributed by atoms with Crippen LogP contribution in [0.2, 0.25) is 0 Å². The summed E-state index contributed by atoms with van der Waals surface area (Å²) in [4.78, 5) is 9.00. The lowest BCUT2D eigenvalue weighted by molar-refractivity contribution is -0.0174. The molecule has 8 heteroatoms. The molecule has 0 fully saturated rings. The maximum absolute atomic E-state index is 14.5. The van der Waals surface area contributed by atoms with Crippen LogP contribution in [0.1, 0.15) is 11.1 Å². The van der Waals surface area contributed by atoms with Crippen molar-refractivity contribution in [1.82, 2.24) is 24.6 Å². The Morgan fingerprint density at radius 1 is 1.21 bits per heavy atom. The van der Waals surface area contributed by atoms with Gasteiger partial charge in [-0.2, -0.15) is 5.10 Å². The minimum Gasteiger partial charge on any atom is -0.382 e. The Labute approximate surface area is 166 Å². The summed E-state index contributed by atoms with van der Waals surface area (Å²) in [7, 11) is 1.84. The second kappa shape index (κ2) is 7.73. The fourth-order valence-electron chi connectivity index (χ4n) is 3.73. The minimum absolute atomic E-state index is 0.0141. The SMILES string of the molecule is CN(Cc1c[nH]c2ccccc12)CC(O)(Cn1cncn1)c1ccc(F)cc1F. The second-order valence-electron chi connectivity index (χ2n) is 7.28. The number of benzene rings is 2. The normalized spacial score (nSPS) is 13.8. The minimum atomic E-state index is -1.63. The van der Waals surface area contributed by atoms with Crippen LogP contribution in [0.3, 0.4) is 0 Å². The van der Waals surface area contributed by atoms with Gasteiger partial charge in [0.15, 0.2) is 0 Å². The van der Waals surface area contributed by atoms with Crippen LogP contribution in [0.15, 0.2) is 61.3 Å². The Kier molecular flexibility index (Phi) is 5.12. The van der Waals surface area contributed by atoms with Crippen LogP contribution < -0.4 is 0 Å². The van der Waals surface area contributed by atoms with Crippen LogP contribution in [-0.4, -0.2) is 43.3 Å². The first kappa shape index (κ1) is 19.2. The Morgan fingerprint density at radius 3 is 2.79 bits per heavy atom. The van der Waals surface area contributed by atoms with Gasteiger partial charge in [0.1, 0.15) is 29.9 Å². The highest BCUT2D eigenvalue weighted by atomic mass is 19.1. The standard InChI is InChI=1S/C21H21F2N5O/c1-27(10-15-9-25-20-5-3-2-4-17(15)20)11-21(29,12-28-14-24-13-26-28)18-7-6-16(22)8-19(18)23/h2-9,13-14,25,29H,10-12H2,1H3. The van der Waals surface area contributed by atoms with E-state index in [0.29, 0.717) is 6.54 Å². The van der Waals surface area contributed by atoms with Crippen LogP contribution in [-0.2, 0) is 18.7 Å². The number of aromatic amines is 1. The van der Waals surface area contributed by atoms with Crippen LogP contribution in [0.4, 0.5) is 8.78 Å². The van der Waals surface area contributed by atoms with E-state index in [-0.39, 0.29) is 18.7 Å². The summed E-state index contributed by atoms with van der Waals surface area (Å²) in [5.41, 5.74) is 0.469. The molecule has 0 aliphatic rings. The number of hydrogen-bond acceptors (Lipinski definition) is 4. The quantitative estimate of drug-likeness (QED) is 0.503. The molecule has 0 bridgehead atoms. The van der Waals surface area contributed by atoms with Gasteiger partial charge < -0.3 is 10.1 Å². The first-order valence-corrected chi connectivity index (χ1v) is 9.18. The monoisotopic (exact) mass is 397 g/mol. The van der Waals surface area contributed by atoms with E-state index in [1.807, 2.05) is 42.4 Å². The molecule has 2 N–H and O–H groups in total. The Bertz CT molecular complexity index is 1110. The van der Waals surface area contributed by atoms with Gasteiger partial charge in [-0.3, -0.25) is 4.90 Å². The summed E-state index contributed by atoms with van der Waals surface area (Å²) >= 11 is 0. The van der Waals surface area contributed by atoms with E-state index in [9.17, 15) is 13.9 Å². The van der Waals surface area contributed by atoms with E-state index >= 15 is 0 Å². The Balaban J connectivity index is 1.62. The summed E-state index contributed by atoms with van der Waals surface area (Å²) in [5, 5.41) is 16.6. The average molecular weight is 397 g/mol. The number of para-hydroxylation sites is 1. The fourth-order valence-corrected chi connectivity index (χ4v) is 3.73. The van der Waals surface area contributed by atoms with E-state index in [2.05, 4.69) is 15.1 Å². The predicted octanol–water partition coefficient (Wildman–Crippen LogP) is 3.06. The topological polar surface area (TPSA) is 70.0 Å². The van der Waals surface area contributed by atoms with Crippen molar-refractivity contribution in [2.75, 3.05) is 13.6 Å². The Hall–Kier alpha value is -3.10. The van der Waals surface area contributed by atoms with Crippen molar-refractivity contribution in [1.29, 1.82) is 0 Å². The van der Waals surface area contributed by atoms with Crippen molar-refractivity contribution in [3.05, 3.63) is 84.1 Å². The molecule has 6 nitrogen and oxygen atoms in total. The fraction of sp³-hybridized carbons (Fsp3) is 0.238. The van der Waals surface area contributed by atoms with Gasteiger partial charge in [0, 0.05) is 41.8 Å². The summed E-state index contributed by atoms with van der Waals surface area (Å²) < 4.78 is 29.4. The molecule has 2 aromatic carbocycles. The first-order valence-electron chi connectivity index (χ1n) is 9.18. The molecule has 150 valence electrons.